The van der Waals surface area contributed by atoms with Gasteiger partial charge in [-0.25, -0.2) is 0 Å². The Kier molecular flexibility index (Phi) is 5.88. The zero-order chi connectivity index (χ0) is 14.4. The Bertz CT molecular complexity index is 368. The van der Waals surface area contributed by atoms with Gasteiger partial charge in [0, 0.05) is 6.07 Å². The maximum Gasteiger partial charge on any atom is 0.387 e. The van der Waals surface area contributed by atoms with E-state index in [2.05, 4.69) is 9.47 Å². The van der Waals surface area contributed by atoms with Crippen LogP contribution in [-0.4, -0.2) is 24.4 Å². The van der Waals surface area contributed by atoms with E-state index >= 15 is 0 Å². The maximum absolute atomic E-state index is 12.1. The number of ether oxygens (including phenoxy) is 2. The van der Waals surface area contributed by atoms with Crippen molar-refractivity contribution < 1.29 is 32.1 Å². The van der Waals surface area contributed by atoms with Crippen LogP contribution in [-0.2, 0) is 0 Å². The van der Waals surface area contributed by atoms with Crippen LogP contribution in [0.15, 0.2) is 18.2 Å². The van der Waals surface area contributed by atoms with Crippen LogP contribution < -0.4 is 9.47 Å². The van der Waals surface area contributed by atoms with Crippen molar-refractivity contribution in [1.29, 1.82) is 0 Å². The first-order chi connectivity index (χ1) is 8.86. The first-order valence-electron chi connectivity index (χ1n) is 5.43. The van der Waals surface area contributed by atoms with Crippen LogP contribution >= 0.6 is 0 Å². The molecule has 7 heteroatoms. The molecule has 0 aromatic heterocycles. The van der Waals surface area contributed by atoms with Crippen LogP contribution in [0.5, 0.6) is 11.5 Å². The van der Waals surface area contributed by atoms with Crippen molar-refractivity contribution in [1.82, 2.24) is 0 Å². The minimum Gasteiger partial charge on any atom is -0.435 e. The highest BCUT2D eigenvalue weighted by Crippen LogP contribution is 2.27. The van der Waals surface area contributed by atoms with Gasteiger partial charge in [-0.3, -0.25) is 0 Å². The molecule has 0 fully saturated rings. The average molecular weight is 281 g/mol. The van der Waals surface area contributed by atoms with E-state index in [4.69, 9.17) is 5.11 Å². The lowest BCUT2D eigenvalue weighted by molar-refractivity contribution is -0.0543. The number of aliphatic hydroxyl groups is 1. The van der Waals surface area contributed by atoms with Crippen molar-refractivity contribution in [3.8, 4) is 11.5 Å². The van der Waals surface area contributed by atoms with Crippen molar-refractivity contribution in [2.45, 2.75) is 32.7 Å². The fourth-order valence-electron chi connectivity index (χ4n) is 1.36. The van der Waals surface area contributed by atoms with Gasteiger partial charge in [0.2, 0.25) is 0 Å². The Morgan fingerprint density at radius 1 is 1.05 bits per heavy atom. The summed E-state index contributed by atoms with van der Waals surface area (Å²) in [6, 6.07) is 3.43. The number of alkyl halides is 4. The molecule has 19 heavy (non-hydrogen) atoms. The van der Waals surface area contributed by atoms with Gasteiger partial charge in [0.1, 0.15) is 11.5 Å². The Hall–Kier alpha value is -1.50. The first kappa shape index (κ1) is 15.6. The highest BCUT2D eigenvalue weighted by Gasteiger charge is 2.11. The van der Waals surface area contributed by atoms with Gasteiger partial charge >= 0.3 is 13.2 Å². The van der Waals surface area contributed by atoms with E-state index in [1.807, 2.05) is 0 Å². The molecular weight excluding hydrogens is 268 g/mol. The van der Waals surface area contributed by atoms with Crippen molar-refractivity contribution in [2.75, 3.05) is 0 Å². The number of hydrogen-bond acceptors (Lipinski definition) is 3. The lowest BCUT2D eigenvalue weighted by Gasteiger charge is -2.11. The maximum atomic E-state index is 12.1. The summed E-state index contributed by atoms with van der Waals surface area (Å²) in [5.41, 5.74) is 0.342. The van der Waals surface area contributed by atoms with Gasteiger partial charge in [-0.05, 0) is 37.5 Å². The molecule has 0 bridgehead atoms. The Morgan fingerprint density at radius 2 is 1.53 bits per heavy atom. The second-order valence-electron chi connectivity index (χ2n) is 3.78. The lowest BCUT2D eigenvalue weighted by atomic mass is 10.1. The van der Waals surface area contributed by atoms with Gasteiger partial charge in [0.05, 0.1) is 6.10 Å². The van der Waals surface area contributed by atoms with Gasteiger partial charge in [-0.15, -0.1) is 0 Å². The van der Waals surface area contributed by atoms with Gasteiger partial charge in [0.25, 0.3) is 0 Å². The molecule has 107 valence electrons. The van der Waals surface area contributed by atoms with E-state index in [0.29, 0.717) is 5.56 Å². The largest absolute Gasteiger partial charge is 0.435 e. The summed E-state index contributed by atoms with van der Waals surface area (Å²) in [5.74, 6) is -0.574. The zero-order valence-corrected chi connectivity index (χ0v) is 10.0. The van der Waals surface area contributed by atoms with Crippen LogP contribution in [0.4, 0.5) is 17.6 Å². The molecule has 1 aromatic rings. The van der Waals surface area contributed by atoms with Crippen molar-refractivity contribution in [3.63, 3.8) is 0 Å². The Labute approximate surface area is 107 Å². The SMILES string of the molecule is CC(O)C[CH]c1cc(OC(F)F)cc(OC(F)F)c1. The number of rotatable bonds is 7. The summed E-state index contributed by atoms with van der Waals surface area (Å²) in [4.78, 5) is 0. The molecule has 1 radical (unpaired) electrons. The summed E-state index contributed by atoms with van der Waals surface area (Å²) in [6.07, 6.45) is 1.10. The molecule has 0 heterocycles. The second kappa shape index (κ2) is 7.18. The van der Waals surface area contributed by atoms with Gasteiger partial charge in [0.15, 0.2) is 0 Å². The van der Waals surface area contributed by atoms with E-state index < -0.39 is 19.3 Å². The third-order valence-corrected chi connectivity index (χ3v) is 2.05. The minimum atomic E-state index is -3.06. The van der Waals surface area contributed by atoms with Crippen molar-refractivity contribution in [2.24, 2.45) is 0 Å². The predicted molar refractivity (Wildman–Crippen MR) is 59.4 cm³/mol. The third-order valence-electron chi connectivity index (χ3n) is 2.05. The lowest BCUT2D eigenvalue weighted by Crippen LogP contribution is -2.06. The summed E-state index contributed by atoms with van der Waals surface area (Å²) in [7, 11) is 0. The van der Waals surface area contributed by atoms with Crippen LogP contribution in [0.1, 0.15) is 18.9 Å². The van der Waals surface area contributed by atoms with Crippen molar-refractivity contribution >= 4 is 0 Å². The monoisotopic (exact) mass is 281 g/mol. The van der Waals surface area contributed by atoms with Crippen LogP contribution in [0.25, 0.3) is 0 Å². The quantitative estimate of drug-likeness (QED) is 0.780. The Balaban J connectivity index is 2.88. The molecule has 0 aliphatic heterocycles. The van der Waals surface area contributed by atoms with E-state index in [1.165, 1.54) is 25.5 Å². The summed E-state index contributed by atoms with van der Waals surface area (Å²) >= 11 is 0. The van der Waals surface area contributed by atoms with Gasteiger partial charge in [-0.1, -0.05) is 0 Å². The molecule has 1 rings (SSSR count). The third kappa shape index (κ3) is 6.28. The van der Waals surface area contributed by atoms with E-state index in [1.54, 1.807) is 0 Å². The van der Waals surface area contributed by atoms with E-state index in [-0.39, 0.29) is 17.9 Å². The summed E-state index contributed by atoms with van der Waals surface area (Å²) in [5, 5.41) is 9.11. The first-order valence-corrected chi connectivity index (χ1v) is 5.43. The number of aliphatic hydroxyl groups excluding tert-OH is 1. The minimum absolute atomic E-state index is 0.242. The smallest absolute Gasteiger partial charge is 0.387 e. The molecule has 3 nitrogen and oxygen atoms in total. The fourth-order valence-corrected chi connectivity index (χ4v) is 1.36. The molecule has 0 saturated heterocycles. The average Bonchev–Trinajstić information content (AvgIpc) is 2.24. The predicted octanol–water partition coefficient (Wildman–Crippen LogP) is 3.21. The van der Waals surface area contributed by atoms with Crippen LogP contribution in [0, 0.1) is 6.42 Å². The van der Waals surface area contributed by atoms with Gasteiger partial charge < -0.3 is 14.6 Å². The molecule has 0 saturated carbocycles. The van der Waals surface area contributed by atoms with Gasteiger partial charge in [-0.2, -0.15) is 17.6 Å². The molecule has 0 aliphatic carbocycles. The van der Waals surface area contributed by atoms with Crippen LogP contribution in [0.2, 0.25) is 0 Å². The number of hydrogen-bond donors (Lipinski definition) is 1. The molecule has 0 aliphatic rings. The van der Waals surface area contributed by atoms with Crippen LogP contribution in [0.3, 0.4) is 0 Å². The van der Waals surface area contributed by atoms with E-state index in [9.17, 15) is 17.6 Å². The topological polar surface area (TPSA) is 38.7 Å². The molecule has 1 atom stereocenters. The molecule has 0 spiro atoms. The van der Waals surface area contributed by atoms with E-state index in [0.717, 1.165) is 6.07 Å². The molecule has 1 unspecified atom stereocenters. The second-order valence-corrected chi connectivity index (χ2v) is 3.78. The molecule has 1 aromatic carbocycles. The molecule has 0 amide bonds. The highest BCUT2D eigenvalue weighted by molar-refractivity contribution is 5.41. The normalized spacial score (nSPS) is 12.8. The molecular formula is C12H13F4O3. The fraction of sp³-hybridized carbons (Fsp3) is 0.417. The number of benzene rings is 1. The molecule has 1 N–H and O–H groups in total. The van der Waals surface area contributed by atoms with Crippen molar-refractivity contribution in [3.05, 3.63) is 30.2 Å². The standard InChI is InChI=1S/C12H13F4O3/c1-7(17)2-3-8-4-9(18-11(13)14)6-10(5-8)19-12(15)16/h3-7,11-12,17H,2H2,1H3. The zero-order valence-electron chi connectivity index (χ0n) is 10.0. The summed E-state index contributed by atoms with van der Waals surface area (Å²) in [6.45, 7) is -4.59. The number of halogens is 4. The summed E-state index contributed by atoms with van der Waals surface area (Å²) < 4.78 is 56.7. The highest BCUT2D eigenvalue weighted by atomic mass is 19.3. The Morgan fingerprint density at radius 3 is 1.89 bits per heavy atom.